The fourth-order valence-electron chi connectivity index (χ4n) is 5.00. The number of rotatable bonds is 3. The number of fused-ring (bicyclic) bond motifs is 5. The number of anilines is 1. The van der Waals surface area contributed by atoms with E-state index in [2.05, 4.69) is 44.3 Å². The Labute approximate surface area is 182 Å². The Morgan fingerprint density at radius 3 is 2.55 bits per heavy atom. The lowest BCUT2D eigenvalue weighted by Gasteiger charge is -2.37. The minimum atomic E-state index is -0.241. The minimum Gasteiger partial charge on any atom is -0.485 e. The van der Waals surface area contributed by atoms with Gasteiger partial charge in [0, 0.05) is 28.8 Å². The largest absolute Gasteiger partial charge is 0.485 e. The van der Waals surface area contributed by atoms with Crippen LogP contribution in [-0.4, -0.2) is 10.6 Å². The van der Waals surface area contributed by atoms with Crippen LogP contribution in [0.3, 0.4) is 0 Å². The molecule has 31 heavy (non-hydrogen) atoms. The molecule has 2 heterocycles. The van der Waals surface area contributed by atoms with E-state index in [1.807, 2.05) is 30.3 Å². The van der Waals surface area contributed by atoms with Gasteiger partial charge in [-0.15, -0.1) is 0 Å². The molecule has 2 aliphatic rings. The van der Waals surface area contributed by atoms with Gasteiger partial charge in [-0.1, -0.05) is 36.4 Å². The van der Waals surface area contributed by atoms with E-state index in [9.17, 15) is 9.50 Å². The summed E-state index contributed by atoms with van der Waals surface area (Å²) in [5.74, 6) is 0.533. The average Bonchev–Trinajstić information content (AvgIpc) is 2.73. The molecule has 2 N–H and O–H groups in total. The lowest BCUT2D eigenvalue weighted by molar-refractivity contribution is 0.201. The smallest absolute Gasteiger partial charge is 0.129 e. The molecule has 3 aromatic carbocycles. The number of ether oxygens (including phenoxy) is 1. The zero-order valence-electron chi connectivity index (χ0n) is 18.0. The first kappa shape index (κ1) is 19.8. The number of halogens is 1. The van der Waals surface area contributed by atoms with E-state index < -0.39 is 0 Å². The molecule has 3 aromatic rings. The summed E-state index contributed by atoms with van der Waals surface area (Å²) in [5.41, 5.74) is 8.33. The fourth-order valence-corrected chi connectivity index (χ4v) is 5.00. The highest BCUT2D eigenvalue weighted by atomic mass is 18.2. The van der Waals surface area contributed by atoms with Gasteiger partial charge >= 0.3 is 0 Å². The van der Waals surface area contributed by atoms with Gasteiger partial charge in [-0.2, -0.15) is 0 Å². The number of aliphatic hydroxyl groups is 1. The highest BCUT2D eigenvalue weighted by Gasteiger charge is 2.34. The van der Waals surface area contributed by atoms with Crippen molar-refractivity contribution in [3.8, 4) is 16.9 Å². The van der Waals surface area contributed by atoms with Crippen molar-refractivity contribution in [2.75, 3.05) is 5.32 Å². The molecule has 5 rings (SSSR count). The molecular formula is C27H26FNO2. The van der Waals surface area contributed by atoms with Crippen LogP contribution in [0.15, 0.2) is 60.7 Å². The van der Waals surface area contributed by atoms with Crippen LogP contribution in [0, 0.1) is 5.82 Å². The molecular weight excluding hydrogens is 388 g/mol. The lowest BCUT2D eigenvalue weighted by atomic mass is 9.80. The van der Waals surface area contributed by atoms with Crippen LogP contribution < -0.4 is 10.1 Å². The summed E-state index contributed by atoms with van der Waals surface area (Å²) in [7, 11) is 0. The molecule has 0 amide bonds. The van der Waals surface area contributed by atoms with Gasteiger partial charge in [-0.05, 0) is 67.3 Å². The Bertz CT molecular complexity index is 1190. The van der Waals surface area contributed by atoms with Gasteiger partial charge < -0.3 is 15.2 Å². The first-order chi connectivity index (χ1) is 14.9. The Balaban J connectivity index is 1.73. The first-order valence-corrected chi connectivity index (χ1v) is 10.7. The van der Waals surface area contributed by atoms with Crippen molar-refractivity contribution in [3.63, 3.8) is 0 Å². The molecule has 0 aliphatic carbocycles. The van der Waals surface area contributed by atoms with Crippen molar-refractivity contribution in [2.45, 2.75) is 45.4 Å². The summed E-state index contributed by atoms with van der Waals surface area (Å²) in [5, 5.41) is 13.6. The van der Waals surface area contributed by atoms with Crippen LogP contribution in [0.4, 0.5) is 10.1 Å². The minimum absolute atomic E-state index is 0.0498. The van der Waals surface area contributed by atoms with E-state index in [0.29, 0.717) is 6.42 Å². The van der Waals surface area contributed by atoms with E-state index in [4.69, 9.17) is 4.74 Å². The Morgan fingerprint density at radius 1 is 1.03 bits per heavy atom. The molecule has 0 bridgehead atoms. The molecule has 0 spiro atoms. The monoisotopic (exact) mass is 414 g/mol. The summed E-state index contributed by atoms with van der Waals surface area (Å²) >= 11 is 0. The fraction of sp³-hybridized carbons (Fsp3) is 0.259. The molecule has 0 radical (unpaired) electrons. The van der Waals surface area contributed by atoms with Crippen LogP contribution >= 0.6 is 0 Å². The van der Waals surface area contributed by atoms with Crippen LogP contribution in [0.25, 0.3) is 16.7 Å². The molecule has 0 saturated heterocycles. The normalized spacial score (nSPS) is 18.1. The van der Waals surface area contributed by atoms with Gasteiger partial charge in [0.1, 0.15) is 17.7 Å². The molecule has 3 nitrogen and oxygen atoms in total. The number of hydrogen-bond donors (Lipinski definition) is 2. The number of hydrogen-bond acceptors (Lipinski definition) is 3. The van der Waals surface area contributed by atoms with E-state index in [-0.39, 0.29) is 24.1 Å². The second-order valence-corrected chi connectivity index (χ2v) is 9.01. The van der Waals surface area contributed by atoms with Gasteiger partial charge in [-0.3, -0.25) is 0 Å². The molecule has 4 heteroatoms. The predicted octanol–water partition coefficient (Wildman–Crippen LogP) is 6.27. The Kier molecular flexibility index (Phi) is 4.63. The van der Waals surface area contributed by atoms with E-state index in [0.717, 1.165) is 44.8 Å². The van der Waals surface area contributed by atoms with E-state index >= 15 is 0 Å². The molecule has 158 valence electrons. The summed E-state index contributed by atoms with van der Waals surface area (Å²) in [6.45, 7) is 6.41. The molecule has 1 unspecified atom stereocenters. The average molecular weight is 415 g/mol. The molecule has 1 atom stereocenters. The lowest BCUT2D eigenvalue weighted by Crippen LogP contribution is -2.32. The summed E-state index contributed by atoms with van der Waals surface area (Å²) < 4.78 is 20.0. The zero-order valence-corrected chi connectivity index (χ0v) is 18.0. The van der Waals surface area contributed by atoms with Crippen molar-refractivity contribution in [3.05, 3.63) is 88.7 Å². The quantitative estimate of drug-likeness (QED) is 0.531. The van der Waals surface area contributed by atoms with Crippen molar-refractivity contribution in [1.82, 2.24) is 0 Å². The maximum Gasteiger partial charge on any atom is 0.129 e. The van der Waals surface area contributed by atoms with Gasteiger partial charge in [0.2, 0.25) is 0 Å². The maximum atomic E-state index is 13.5. The van der Waals surface area contributed by atoms with Crippen molar-refractivity contribution < 1.29 is 14.2 Å². The Morgan fingerprint density at radius 2 is 1.81 bits per heavy atom. The third-order valence-electron chi connectivity index (χ3n) is 6.15. The summed E-state index contributed by atoms with van der Waals surface area (Å²) in [4.78, 5) is 0. The van der Waals surface area contributed by atoms with Gasteiger partial charge in [0.05, 0.1) is 12.1 Å². The van der Waals surface area contributed by atoms with Crippen molar-refractivity contribution >= 4 is 11.3 Å². The second kappa shape index (κ2) is 7.24. The molecule has 0 aromatic heterocycles. The van der Waals surface area contributed by atoms with Gasteiger partial charge in [0.25, 0.3) is 0 Å². The second-order valence-electron chi connectivity index (χ2n) is 9.01. The van der Waals surface area contributed by atoms with E-state index in [1.165, 1.54) is 17.7 Å². The topological polar surface area (TPSA) is 41.5 Å². The standard InChI is InChI=1S/C27H26FNO2/c1-16-14-27(2,3)29-21-12-11-20-25-18(15-30)5-4-6-22(25)31-23(26(20)24(16)21)13-17-7-9-19(28)10-8-17/h4-12,14,23,29-30H,13,15H2,1-3H3/i28-1. The van der Waals surface area contributed by atoms with Gasteiger partial charge in [0.15, 0.2) is 0 Å². The SMILES string of the molecule is CC1=CC(C)(C)Nc2ccc3c(c21)C(Cc1ccc([18F])cc1)Oc1cccc(CO)c1-3. The number of nitrogens with one attached hydrogen (secondary N) is 1. The van der Waals surface area contributed by atoms with Crippen molar-refractivity contribution in [1.29, 1.82) is 0 Å². The highest BCUT2D eigenvalue weighted by Crippen LogP contribution is 2.50. The number of allylic oxidation sites excluding steroid dienone is 1. The maximum absolute atomic E-state index is 13.5. The van der Waals surface area contributed by atoms with Crippen LogP contribution in [0.2, 0.25) is 0 Å². The third-order valence-corrected chi connectivity index (χ3v) is 6.15. The van der Waals surface area contributed by atoms with Crippen LogP contribution in [0.1, 0.15) is 49.1 Å². The predicted molar refractivity (Wildman–Crippen MR) is 123 cm³/mol. The summed E-state index contributed by atoms with van der Waals surface area (Å²) in [6, 6.07) is 16.7. The molecule has 2 aliphatic heterocycles. The number of benzene rings is 3. The van der Waals surface area contributed by atoms with Crippen molar-refractivity contribution in [2.24, 2.45) is 0 Å². The third kappa shape index (κ3) is 3.41. The highest BCUT2D eigenvalue weighted by molar-refractivity contribution is 5.90. The first-order valence-electron chi connectivity index (χ1n) is 10.7. The van der Waals surface area contributed by atoms with Crippen LogP contribution in [0.5, 0.6) is 5.75 Å². The van der Waals surface area contributed by atoms with Crippen LogP contribution in [-0.2, 0) is 13.0 Å². The molecule has 0 fully saturated rings. The Hall–Kier alpha value is -3.11. The van der Waals surface area contributed by atoms with Gasteiger partial charge in [-0.25, -0.2) is 4.39 Å². The zero-order chi connectivity index (χ0) is 21.8. The van der Waals surface area contributed by atoms with E-state index in [1.54, 1.807) is 0 Å². The number of aliphatic hydroxyl groups excluding tert-OH is 1. The summed E-state index contributed by atoms with van der Waals surface area (Å²) in [6.07, 6.45) is 2.66. The molecule has 0 saturated carbocycles.